The number of aromatic nitrogens is 5. The topological polar surface area (TPSA) is 138 Å². The van der Waals surface area contributed by atoms with Crippen LogP contribution in [-0.4, -0.2) is 36.9 Å². The van der Waals surface area contributed by atoms with Crippen molar-refractivity contribution < 1.29 is 9.50 Å². The Morgan fingerprint density at radius 2 is 1.93 bits per heavy atom. The van der Waals surface area contributed by atoms with Crippen molar-refractivity contribution in [3.8, 4) is 0 Å². The van der Waals surface area contributed by atoms with Gasteiger partial charge in [-0.25, -0.2) is 4.39 Å². The Morgan fingerprint density at radius 3 is 2.63 bits per heavy atom. The largest absolute Gasteiger partial charge is 0.394 e. The van der Waals surface area contributed by atoms with Crippen molar-refractivity contribution in [1.82, 2.24) is 25.1 Å². The highest BCUT2D eigenvalue weighted by Gasteiger charge is 2.25. The number of aliphatic hydroxyl groups excluding tert-OH is 1. The molecule has 9 nitrogen and oxygen atoms in total. The van der Waals surface area contributed by atoms with Crippen molar-refractivity contribution in [1.29, 1.82) is 0 Å². The van der Waals surface area contributed by atoms with Crippen molar-refractivity contribution in [2.24, 2.45) is 0 Å². The van der Waals surface area contributed by atoms with Gasteiger partial charge in [0.05, 0.1) is 12.6 Å². The molecule has 1 aliphatic rings. The standard InChI is InChI=1S/C17H19FN8O/c18-11-5-3-10(4-6-11)13(8-27)20-16-22-15(19)23-17(24-16)21-14-7-12(25-26-14)9-1-2-9/h3-7,9,13,27H,1-2,8H2,(H5,19,20,21,22,23,24,25,26). The second-order valence-corrected chi connectivity index (χ2v) is 6.38. The quantitative estimate of drug-likeness (QED) is 0.426. The van der Waals surface area contributed by atoms with Crippen LogP contribution >= 0.6 is 0 Å². The summed E-state index contributed by atoms with van der Waals surface area (Å²) < 4.78 is 13.1. The van der Waals surface area contributed by atoms with E-state index >= 15 is 0 Å². The third-order valence-electron chi connectivity index (χ3n) is 4.27. The zero-order chi connectivity index (χ0) is 18.8. The highest BCUT2D eigenvalue weighted by molar-refractivity contribution is 5.52. The molecule has 0 radical (unpaired) electrons. The van der Waals surface area contributed by atoms with Crippen LogP contribution in [-0.2, 0) is 0 Å². The number of aliphatic hydroxyl groups is 1. The highest BCUT2D eigenvalue weighted by Crippen LogP contribution is 2.39. The van der Waals surface area contributed by atoms with Gasteiger partial charge in [-0.15, -0.1) is 0 Å². The zero-order valence-corrected chi connectivity index (χ0v) is 14.4. The first-order valence-electron chi connectivity index (χ1n) is 8.57. The summed E-state index contributed by atoms with van der Waals surface area (Å²) in [6.45, 7) is -0.232. The van der Waals surface area contributed by atoms with E-state index in [0.29, 0.717) is 17.3 Å². The molecule has 3 aromatic rings. The summed E-state index contributed by atoms with van der Waals surface area (Å²) in [5.41, 5.74) is 7.54. The monoisotopic (exact) mass is 370 g/mol. The van der Waals surface area contributed by atoms with Crippen LogP contribution in [0.5, 0.6) is 0 Å². The van der Waals surface area contributed by atoms with E-state index in [2.05, 4.69) is 35.8 Å². The lowest BCUT2D eigenvalue weighted by Crippen LogP contribution is -2.18. The molecule has 4 rings (SSSR count). The van der Waals surface area contributed by atoms with Gasteiger partial charge in [-0.1, -0.05) is 12.1 Å². The molecule has 6 N–H and O–H groups in total. The van der Waals surface area contributed by atoms with Crippen LogP contribution in [0.4, 0.5) is 28.1 Å². The van der Waals surface area contributed by atoms with E-state index in [1.165, 1.54) is 25.0 Å². The third kappa shape index (κ3) is 4.11. The number of H-pyrrole nitrogens is 1. The van der Waals surface area contributed by atoms with Crippen LogP contribution in [0.3, 0.4) is 0 Å². The molecule has 0 spiro atoms. The Bertz CT molecular complexity index is 925. The van der Waals surface area contributed by atoms with E-state index in [0.717, 1.165) is 5.69 Å². The Hall–Kier alpha value is -3.27. The summed E-state index contributed by atoms with van der Waals surface area (Å²) >= 11 is 0. The van der Waals surface area contributed by atoms with Crippen molar-refractivity contribution >= 4 is 23.7 Å². The molecule has 2 aromatic heterocycles. The molecule has 1 fully saturated rings. The molecule has 1 aliphatic carbocycles. The van der Waals surface area contributed by atoms with Gasteiger partial charge in [-0.3, -0.25) is 5.10 Å². The molecular weight excluding hydrogens is 351 g/mol. The average molecular weight is 370 g/mol. The van der Waals surface area contributed by atoms with Gasteiger partial charge in [0.15, 0.2) is 5.82 Å². The lowest BCUT2D eigenvalue weighted by Gasteiger charge is -2.17. The number of nitrogens with two attached hydrogens (primary N) is 1. The van der Waals surface area contributed by atoms with Gasteiger partial charge in [0.1, 0.15) is 5.82 Å². The molecule has 0 saturated heterocycles. The number of nitrogens with zero attached hydrogens (tertiary/aromatic N) is 4. The van der Waals surface area contributed by atoms with Gasteiger partial charge in [-0.05, 0) is 30.5 Å². The number of rotatable bonds is 7. The third-order valence-corrected chi connectivity index (χ3v) is 4.27. The molecule has 0 amide bonds. The van der Waals surface area contributed by atoms with E-state index in [1.54, 1.807) is 12.1 Å². The summed E-state index contributed by atoms with van der Waals surface area (Å²) in [7, 11) is 0. The minimum atomic E-state index is -0.521. The smallest absolute Gasteiger partial charge is 0.235 e. The van der Waals surface area contributed by atoms with Gasteiger partial charge in [0.2, 0.25) is 17.8 Å². The van der Waals surface area contributed by atoms with E-state index < -0.39 is 6.04 Å². The lowest BCUT2D eigenvalue weighted by atomic mass is 10.1. The molecule has 1 saturated carbocycles. The summed E-state index contributed by atoms with van der Waals surface area (Å²) in [5, 5.41) is 22.8. The van der Waals surface area contributed by atoms with E-state index in [9.17, 15) is 9.50 Å². The summed E-state index contributed by atoms with van der Waals surface area (Å²) in [4.78, 5) is 12.4. The Kier molecular flexibility index (Phi) is 4.55. The molecule has 140 valence electrons. The van der Waals surface area contributed by atoms with Gasteiger partial charge in [0.25, 0.3) is 0 Å². The van der Waals surface area contributed by atoms with Gasteiger partial charge in [0, 0.05) is 17.7 Å². The number of benzene rings is 1. The fourth-order valence-corrected chi connectivity index (χ4v) is 2.72. The lowest BCUT2D eigenvalue weighted by molar-refractivity contribution is 0.276. The predicted molar refractivity (Wildman–Crippen MR) is 97.9 cm³/mol. The minimum absolute atomic E-state index is 0.0174. The second kappa shape index (κ2) is 7.16. The number of hydrogen-bond donors (Lipinski definition) is 5. The first kappa shape index (κ1) is 17.2. The molecule has 27 heavy (non-hydrogen) atoms. The zero-order valence-electron chi connectivity index (χ0n) is 14.4. The molecule has 1 aromatic carbocycles. The number of halogens is 1. The van der Waals surface area contributed by atoms with Crippen LogP contribution in [0.15, 0.2) is 30.3 Å². The van der Waals surface area contributed by atoms with Crippen molar-refractivity contribution in [3.63, 3.8) is 0 Å². The average Bonchev–Trinajstić information content (AvgIpc) is 3.40. The van der Waals surface area contributed by atoms with Gasteiger partial charge in [-0.2, -0.15) is 20.1 Å². The summed E-state index contributed by atoms with van der Waals surface area (Å²) in [6, 6.07) is 7.20. The number of aromatic amines is 1. The SMILES string of the molecule is Nc1nc(Nc2cc(C3CC3)[nH]n2)nc(NC(CO)c2ccc(F)cc2)n1. The fraction of sp³-hybridized carbons (Fsp3) is 0.294. The Balaban J connectivity index is 1.51. The number of nitrogens with one attached hydrogen (secondary N) is 3. The van der Waals surface area contributed by atoms with E-state index in [1.807, 2.05) is 6.07 Å². The van der Waals surface area contributed by atoms with Crippen molar-refractivity contribution in [2.75, 3.05) is 23.0 Å². The molecule has 0 bridgehead atoms. The summed E-state index contributed by atoms with van der Waals surface area (Å²) in [6.07, 6.45) is 2.33. The number of anilines is 4. The molecule has 0 aliphatic heterocycles. The maximum Gasteiger partial charge on any atom is 0.235 e. The Labute approximate surface area is 154 Å². The van der Waals surface area contributed by atoms with Crippen LogP contribution in [0.25, 0.3) is 0 Å². The van der Waals surface area contributed by atoms with Crippen molar-refractivity contribution in [3.05, 3.63) is 47.4 Å². The maximum absolute atomic E-state index is 13.1. The normalized spacial score (nSPS) is 14.7. The molecule has 1 unspecified atom stereocenters. The van der Waals surface area contributed by atoms with Crippen LogP contribution in [0, 0.1) is 5.82 Å². The highest BCUT2D eigenvalue weighted by atomic mass is 19.1. The molecular formula is C17H19FN8O. The van der Waals surface area contributed by atoms with Gasteiger partial charge >= 0.3 is 0 Å². The molecule has 2 heterocycles. The predicted octanol–water partition coefficient (Wildman–Crippen LogP) is 2.08. The Morgan fingerprint density at radius 1 is 1.19 bits per heavy atom. The van der Waals surface area contributed by atoms with Crippen LogP contribution in [0.1, 0.15) is 36.1 Å². The van der Waals surface area contributed by atoms with Gasteiger partial charge < -0.3 is 21.5 Å². The first-order chi connectivity index (χ1) is 13.1. The summed E-state index contributed by atoms with van der Waals surface area (Å²) in [5.74, 6) is 1.22. The minimum Gasteiger partial charge on any atom is -0.394 e. The second-order valence-electron chi connectivity index (χ2n) is 6.38. The number of hydrogen-bond acceptors (Lipinski definition) is 8. The number of nitrogen functional groups attached to an aromatic ring is 1. The molecule has 10 heteroatoms. The fourth-order valence-electron chi connectivity index (χ4n) is 2.72. The maximum atomic E-state index is 13.1. The molecule has 1 atom stereocenters. The van der Waals surface area contributed by atoms with E-state index in [-0.39, 0.29) is 30.3 Å². The van der Waals surface area contributed by atoms with Crippen LogP contribution < -0.4 is 16.4 Å². The van der Waals surface area contributed by atoms with Crippen LogP contribution in [0.2, 0.25) is 0 Å². The van der Waals surface area contributed by atoms with Crippen molar-refractivity contribution in [2.45, 2.75) is 24.8 Å². The van der Waals surface area contributed by atoms with E-state index in [4.69, 9.17) is 5.73 Å². The first-order valence-corrected chi connectivity index (χ1v) is 8.57.